The number of nitrogens with one attached hydrogen (secondary N) is 1. The monoisotopic (exact) mass is 275 g/mol. The summed E-state index contributed by atoms with van der Waals surface area (Å²) in [5.41, 5.74) is -0.985. The smallest absolute Gasteiger partial charge is 0.251 e. The van der Waals surface area contributed by atoms with Gasteiger partial charge in [0.25, 0.3) is 5.91 Å². The first-order valence-electron chi connectivity index (χ1n) is 5.91. The largest absolute Gasteiger partial charge is 0.396 e. The highest BCUT2D eigenvalue weighted by molar-refractivity contribution is 5.94. The van der Waals surface area contributed by atoms with Gasteiger partial charge in [-0.25, -0.2) is 13.2 Å². The van der Waals surface area contributed by atoms with Gasteiger partial charge in [0.05, 0.1) is 0 Å². The van der Waals surface area contributed by atoms with E-state index in [1.807, 2.05) is 6.92 Å². The zero-order chi connectivity index (χ0) is 14.6. The molecule has 106 valence electrons. The summed E-state index contributed by atoms with van der Waals surface area (Å²) in [5.74, 6) is -5.14. The summed E-state index contributed by atoms with van der Waals surface area (Å²) >= 11 is 0. The molecule has 0 aliphatic carbocycles. The first-order valence-corrected chi connectivity index (χ1v) is 5.91. The number of hydrogen-bond donors (Lipinski definition) is 2. The van der Waals surface area contributed by atoms with Crippen LogP contribution in [0.1, 0.15) is 37.0 Å². The van der Waals surface area contributed by atoms with Crippen molar-refractivity contribution >= 4 is 5.91 Å². The SMILES string of the molecule is CCC(C)(CCO)NC(=O)c1cc(F)c(F)c(F)c1. The lowest BCUT2D eigenvalue weighted by atomic mass is 9.94. The number of amides is 1. The third-order valence-electron chi connectivity index (χ3n) is 3.11. The Kier molecular flexibility index (Phi) is 4.94. The molecule has 6 heteroatoms. The van der Waals surface area contributed by atoms with Crippen LogP contribution in [0.15, 0.2) is 12.1 Å². The number of rotatable bonds is 5. The average molecular weight is 275 g/mol. The molecule has 0 bridgehead atoms. The zero-order valence-corrected chi connectivity index (χ0v) is 10.8. The summed E-state index contributed by atoms with van der Waals surface area (Å²) in [5, 5.41) is 11.5. The van der Waals surface area contributed by atoms with E-state index in [0.717, 1.165) is 0 Å². The molecule has 0 fully saturated rings. The molecular formula is C13H16F3NO2. The fraction of sp³-hybridized carbons (Fsp3) is 0.462. The molecule has 0 aliphatic rings. The first-order chi connectivity index (χ1) is 8.83. The van der Waals surface area contributed by atoms with Gasteiger partial charge in [-0.3, -0.25) is 4.79 Å². The Morgan fingerprint density at radius 3 is 2.26 bits per heavy atom. The van der Waals surface area contributed by atoms with Crippen molar-refractivity contribution in [2.45, 2.75) is 32.2 Å². The van der Waals surface area contributed by atoms with E-state index in [0.29, 0.717) is 25.0 Å². The second kappa shape index (κ2) is 6.06. The van der Waals surface area contributed by atoms with Crippen molar-refractivity contribution in [2.75, 3.05) is 6.61 Å². The van der Waals surface area contributed by atoms with Crippen LogP contribution in [-0.2, 0) is 0 Å². The molecule has 0 radical (unpaired) electrons. The summed E-state index contributed by atoms with van der Waals surface area (Å²) in [4.78, 5) is 11.9. The predicted molar refractivity (Wildman–Crippen MR) is 64.2 cm³/mol. The Morgan fingerprint density at radius 2 is 1.84 bits per heavy atom. The number of aliphatic hydroxyl groups is 1. The number of halogens is 3. The van der Waals surface area contributed by atoms with Crippen LogP contribution in [0.4, 0.5) is 13.2 Å². The highest BCUT2D eigenvalue weighted by Gasteiger charge is 2.25. The third kappa shape index (κ3) is 3.70. The van der Waals surface area contributed by atoms with Crippen LogP contribution in [0, 0.1) is 17.5 Å². The number of hydrogen-bond acceptors (Lipinski definition) is 2. The molecule has 1 aromatic carbocycles. The molecule has 1 atom stereocenters. The molecule has 0 heterocycles. The normalized spacial score (nSPS) is 14.0. The molecule has 0 saturated heterocycles. The standard InChI is InChI=1S/C13H16F3NO2/c1-3-13(2,4-5-18)17-12(19)8-6-9(14)11(16)10(15)7-8/h6-7,18H,3-5H2,1-2H3,(H,17,19). The summed E-state index contributed by atoms with van der Waals surface area (Å²) in [6.07, 6.45) is 0.840. The molecule has 0 aromatic heterocycles. The van der Waals surface area contributed by atoms with E-state index in [1.54, 1.807) is 6.92 Å². The predicted octanol–water partition coefficient (Wildman–Crippen LogP) is 2.38. The van der Waals surface area contributed by atoms with E-state index in [4.69, 9.17) is 5.11 Å². The second-order valence-corrected chi connectivity index (χ2v) is 4.60. The van der Waals surface area contributed by atoms with E-state index >= 15 is 0 Å². The molecule has 19 heavy (non-hydrogen) atoms. The fourth-order valence-corrected chi connectivity index (χ4v) is 1.61. The topological polar surface area (TPSA) is 49.3 Å². The number of aliphatic hydroxyl groups excluding tert-OH is 1. The lowest BCUT2D eigenvalue weighted by Crippen LogP contribution is -2.46. The molecule has 1 rings (SSSR count). The van der Waals surface area contributed by atoms with Gasteiger partial charge in [0.2, 0.25) is 0 Å². The molecule has 1 amide bonds. The van der Waals surface area contributed by atoms with E-state index < -0.39 is 28.9 Å². The second-order valence-electron chi connectivity index (χ2n) is 4.60. The van der Waals surface area contributed by atoms with Crippen LogP contribution < -0.4 is 5.32 Å². The van der Waals surface area contributed by atoms with Crippen molar-refractivity contribution in [2.24, 2.45) is 0 Å². The third-order valence-corrected chi connectivity index (χ3v) is 3.11. The highest BCUT2D eigenvalue weighted by atomic mass is 19.2. The number of carbonyl (C=O) groups excluding carboxylic acids is 1. The van der Waals surface area contributed by atoms with Gasteiger partial charge in [0.15, 0.2) is 17.5 Å². The van der Waals surface area contributed by atoms with Crippen LogP contribution in [0.25, 0.3) is 0 Å². The van der Waals surface area contributed by atoms with E-state index in [2.05, 4.69) is 5.32 Å². The van der Waals surface area contributed by atoms with Gasteiger partial charge in [-0.15, -0.1) is 0 Å². The lowest BCUT2D eigenvalue weighted by Gasteiger charge is -2.29. The van der Waals surface area contributed by atoms with Gasteiger partial charge in [0.1, 0.15) is 0 Å². The minimum absolute atomic E-state index is 0.128. The fourth-order valence-electron chi connectivity index (χ4n) is 1.61. The Balaban J connectivity index is 2.95. The maximum Gasteiger partial charge on any atom is 0.251 e. The summed E-state index contributed by atoms with van der Waals surface area (Å²) in [6, 6.07) is 1.28. The van der Waals surface area contributed by atoms with Crippen LogP contribution in [0.3, 0.4) is 0 Å². The maximum atomic E-state index is 13.0. The summed E-state index contributed by atoms with van der Waals surface area (Å²) < 4.78 is 38.8. The zero-order valence-electron chi connectivity index (χ0n) is 10.8. The van der Waals surface area contributed by atoms with Crippen molar-refractivity contribution in [1.29, 1.82) is 0 Å². The number of benzene rings is 1. The van der Waals surface area contributed by atoms with Crippen LogP contribution in [-0.4, -0.2) is 23.2 Å². The van der Waals surface area contributed by atoms with E-state index in [9.17, 15) is 18.0 Å². The first kappa shape index (κ1) is 15.5. The molecule has 1 unspecified atom stereocenters. The van der Waals surface area contributed by atoms with Crippen LogP contribution in [0.2, 0.25) is 0 Å². The highest BCUT2D eigenvalue weighted by Crippen LogP contribution is 2.17. The molecule has 2 N–H and O–H groups in total. The number of carbonyl (C=O) groups is 1. The van der Waals surface area contributed by atoms with Crippen molar-refractivity contribution < 1.29 is 23.1 Å². The van der Waals surface area contributed by atoms with Gasteiger partial charge in [-0.1, -0.05) is 6.92 Å². The Bertz CT molecular complexity index is 456. The average Bonchev–Trinajstić information content (AvgIpc) is 2.35. The Morgan fingerprint density at radius 1 is 1.32 bits per heavy atom. The molecule has 1 aromatic rings. The Hall–Kier alpha value is -1.56. The minimum Gasteiger partial charge on any atom is -0.396 e. The van der Waals surface area contributed by atoms with Gasteiger partial charge in [-0.05, 0) is 31.9 Å². The summed E-state index contributed by atoms with van der Waals surface area (Å²) in [7, 11) is 0. The summed E-state index contributed by atoms with van der Waals surface area (Å²) in [6.45, 7) is 3.38. The van der Waals surface area contributed by atoms with Gasteiger partial charge in [0, 0.05) is 17.7 Å². The van der Waals surface area contributed by atoms with Crippen LogP contribution in [0.5, 0.6) is 0 Å². The van der Waals surface area contributed by atoms with E-state index in [-0.39, 0.29) is 12.2 Å². The van der Waals surface area contributed by atoms with Gasteiger partial charge in [-0.2, -0.15) is 0 Å². The molecule has 0 saturated carbocycles. The van der Waals surface area contributed by atoms with Gasteiger partial charge >= 0.3 is 0 Å². The van der Waals surface area contributed by atoms with Crippen LogP contribution >= 0.6 is 0 Å². The van der Waals surface area contributed by atoms with Crippen molar-refractivity contribution in [3.8, 4) is 0 Å². The molecule has 3 nitrogen and oxygen atoms in total. The quantitative estimate of drug-likeness (QED) is 0.811. The molecule has 0 aliphatic heterocycles. The van der Waals surface area contributed by atoms with Crippen molar-refractivity contribution in [1.82, 2.24) is 5.32 Å². The van der Waals surface area contributed by atoms with Crippen molar-refractivity contribution in [3.05, 3.63) is 35.1 Å². The lowest BCUT2D eigenvalue weighted by molar-refractivity contribution is 0.0885. The molecule has 0 spiro atoms. The Labute approximate surface area is 109 Å². The minimum atomic E-state index is -1.61. The molecular weight excluding hydrogens is 259 g/mol. The van der Waals surface area contributed by atoms with E-state index in [1.165, 1.54) is 0 Å². The van der Waals surface area contributed by atoms with Gasteiger partial charge < -0.3 is 10.4 Å². The van der Waals surface area contributed by atoms with Crippen molar-refractivity contribution in [3.63, 3.8) is 0 Å². The maximum absolute atomic E-state index is 13.0.